The van der Waals surface area contributed by atoms with Crippen LogP contribution >= 0.6 is 0 Å². The predicted octanol–water partition coefficient (Wildman–Crippen LogP) is 2.06. The van der Waals surface area contributed by atoms with Crippen molar-refractivity contribution in [1.29, 1.82) is 0 Å². The predicted molar refractivity (Wildman–Crippen MR) is 111 cm³/mol. The van der Waals surface area contributed by atoms with Crippen molar-refractivity contribution < 1.29 is 15.0 Å². The topological polar surface area (TPSA) is 98.6 Å². The van der Waals surface area contributed by atoms with Crippen molar-refractivity contribution in [2.75, 3.05) is 18.6 Å². The number of anilines is 1. The molecule has 0 fully saturated rings. The second-order valence-electron chi connectivity index (χ2n) is 7.36. The van der Waals surface area contributed by atoms with Crippen LogP contribution in [0, 0.1) is 5.92 Å². The maximum atomic E-state index is 12.9. The molecule has 0 saturated carbocycles. The molecule has 2 heterocycles. The lowest BCUT2D eigenvalue weighted by atomic mass is 9.82. The second-order valence-corrected chi connectivity index (χ2v) is 7.36. The summed E-state index contributed by atoms with van der Waals surface area (Å²) in [6.45, 7) is 1.76. The summed E-state index contributed by atoms with van der Waals surface area (Å²) in [5.41, 5.74) is 0.362. The van der Waals surface area contributed by atoms with Crippen molar-refractivity contribution in [3.05, 3.63) is 70.5 Å². The summed E-state index contributed by atoms with van der Waals surface area (Å²) >= 11 is 0. The molecule has 1 aliphatic heterocycles. The van der Waals surface area contributed by atoms with Gasteiger partial charge in [0.1, 0.15) is 0 Å². The molecule has 0 saturated heterocycles. The van der Waals surface area contributed by atoms with E-state index in [2.05, 4.69) is 5.10 Å². The summed E-state index contributed by atoms with van der Waals surface area (Å²) in [6, 6.07) is 12.4. The number of para-hydroxylation sites is 1. The van der Waals surface area contributed by atoms with Crippen LogP contribution in [-0.4, -0.2) is 39.6 Å². The first kappa shape index (κ1) is 19.2. The van der Waals surface area contributed by atoms with Crippen LogP contribution in [0.15, 0.2) is 59.4 Å². The third-order valence-corrected chi connectivity index (χ3v) is 5.61. The van der Waals surface area contributed by atoms with Gasteiger partial charge in [0.05, 0.1) is 22.3 Å². The second kappa shape index (κ2) is 7.02. The first-order valence-corrected chi connectivity index (χ1v) is 9.52. The first-order chi connectivity index (χ1) is 13.9. The van der Waals surface area contributed by atoms with Gasteiger partial charge < -0.3 is 15.1 Å². The Morgan fingerprint density at radius 2 is 1.97 bits per heavy atom. The number of amides is 1. The molecule has 3 N–H and O–H groups in total. The molecule has 29 heavy (non-hydrogen) atoms. The van der Waals surface area contributed by atoms with E-state index in [-0.39, 0.29) is 12.2 Å². The average molecular weight is 393 g/mol. The minimum Gasteiger partial charge on any atom is -0.396 e. The molecule has 0 radical (unpaired) electrons. The number of nitrogens with one attached hydrogen (secondary N) is 1. The fourth-order valence-corrected chi connectivity index (χ4v) is 3.94. The van der Waals surface area contributed by atoms with Crippen LogP contribution in [0.5, 0.6) is 0 Å². The Kier molecular flexibility index (Phi) is 4.64. The van der Waals surface area contributed by atoms with Crippen LogP contribution in [0.25, 0.3) is 16.6 Å². The van der Waals surface area contributed by atoms with Gasteiger partial charge in [-0.2, -0.15) is 0 Å². The standard InChI is InChI=1S/C22H23N3O4/c1-14(7-5-6-12-26)22(29)17-13-15(10-11-19(17)24(2)21(22)28)25-20(27)16-8-3-4-9-18(16)23-25/h3-5,7-11,13-14,23,26,29H,6,12H2,1-2H3/b7-5+/t14-,22+/m0/s1. The van der Waals surface area contributed by atoms with Crippen molar-refractivity contribution in [2.24, 2.45) is 5.92 Å². The van der Waals surface area contributed by atoms with Gasteiger partial charge in [0, 0.05) is 25.1 Å². The summed E-state index contributed by atoms with van der Waals surface area (Å²) in [4.78, 5) is 27.1. The zero-order valence-electron chi connectivity index (χ0n) is 16.3. The summed E-state index contributed by atoms with van der Waals surface area (Å²) in [5.74, 6) is -0.935. The molecule has 150 valence electrons. The maximum absolute atomic E-state index is 12.9. The number of hydrogen-bond donors (Lipinski definition) is 3. The van der Waals surface area contributed by atoms with E-state index in [0.717, 1.165) is 0 Å². The third kappa shape index (κ3) is 2.82. The first-order valence-electron chi connectivity index (χ1n) is 9.52. The highest BCUT2D eigenvalue weighted by Crippen LogP contribution is 2.45. The fraction of sp³-hybridized carbons (Fsp3) is 0.273. The smallest absolute Gasteiger partial charge is 0.279 e. The van der Waals surface area contributed by atoms with Crippen molar-refractivity contribution in [3.8, 4) is 5.69 Å². The van der Waals surface area contributed by atoms with E-state index in [1.54, 1.807) is 56.5 Å². The summed E-state index contributed by atoms with van der Waals surface area (Å²) in [5, 5.41) is 24.1. The molecule has 7 nitrogen and oxygen atoms in total. The molecule has 0 unspecified atom stereocenters. The molecule has 3 aromatic rings. The number of H-pyrrole nitrogens is 1. The van der Waals surface area contributed by atoms with Crippen LogP contribution in [-0.2, 0) is 10.4 Å². The zero-order chi connectivity index (χ0) is 20.8. The number of benzene rings is 2. The number of nitrogens with zero attached hydrogens (tertiary/aromatic N) is 2. The molecule has 1 aromatic heterocycles. The molecule has 0 aliphatic carbocycles. The van der Waals surface area contributed by atoms with Gasteiger partial charge in [0.15, 0.2) is 5.60 Å². The van der Waals surface area contributed by atoms with Gasteiger partial charge in [-0.25, -0.2) is 4.68 Å². The Labute approximate surface area is 167 Å². The van der Waals surface area contributed by atoms with Gasteiger partial charge in [-0.05, 0) is 36.8 Å². The Morgan fingerprint density at radius 3 is 2.69 bits per heavy atom. The van der Waals surface area contributed by atoms with Crippen molar-refractivity contribution in [1.82, 2.24) is 9.78 Å². The Morgan fingerprint density at radius 1 is 1.21 bits per heavy atom. The Hall–Kier alpha value is -3.16. The molecular weight excluding hydrogens is 370 g/mol. The highest BCUT2D eigenvalue weighted by atomic mass is 16.3. The van der Waals surface area contributed by atoms with Crippen molar-refractivity contribution in [3.63, 3.8) is 0 Å². The van der Waals surface area contributed by atoms with E-state index in [9.17, 15) is 14.7 Å². The van der Waals surface area contributed by atoms with Gasteiger partial charge >= 0.3 is 0 Å². The minimum atomic E-state index is -1.75. The van der Waals surface area contributed by atoms with Crippen LogP contribution in [0.2, 0.25) is 0 Å². The minimum absolute atomic E-state index is 0.000463. The van der Waals surface area contributed by atoms with E-state index < -0.39 is 17.4 Å². The summed E-state index contributed by atoms with van der Waals surface area (Å²) < 4.78 is 1.42. The van der Waals surface area contributed by atoms with Gasteiger partial charge in [0.25, 0.3) is 11.5 Å². The molecule has 2 aromatic carbocycles. The van der Waals surface area contributed by atoms with Crippen LogP contribution < -0.4 is 10.5 Å². The number of fused-ring (bicyclic) bond motifs is 2. The van der Waals surface area contributed by atoms with Crippen LogP contribution in [0.3, 0.4) is 0 Å². The van der Waals surface area contributed by atoms with Crippen LogP contribution in [0.4, 0.5) is 5.69 Å². The number of rotatable bonds is 5. The highest BCUT2D eigenvalue weighted by Gasteiger charge is 2.51. The molecule has 4 rings (SSSR count). The number of hydrogen-bond acceptors (Lipinski definition) is 4. The number of likely N-dealkylation sites (N-methyl/N-ethyl adjacent to an activating group) is 1. The molecule has 0 spiro atoms. The fourth-order valence-electron chi connectivity index (χ4n) is 3.94. The van der Waals surface area contributed by atoms with Gasteiger partial charge in [-0.15, -0.1) is 0 Å². The monoisotopic (exact) mass is 393 g/mol. The molecule has 0 bridgehead atoms. The number of aliphatic hydroxyl groups excluding tert-OH is 1. The van der Waals surface area contributed by atoms with E-state index in [0.29, 0.717) is 34.3 Å². The number of carbonyl (C=O) groups excluding carboxylic acids is 1. The molecule has 1 aliphatic rings. The van der Waals surface area contributed by atoms with E-state index in [1.807, 2.05) is 12.1 Å². The average Bonchev–Trinajstić information content (AvgIpc) is 3.17. The maximum Gasteiger partial charge on any atom is 0.279 e. The third-order valence-electron chi connectivity index (χ3n) is 5.61. The number of aromatic nitrogens is 2. The van der Waals surface area contributed by atoms with Crippen molar-refractivity contribution in [2.45, 2.75) is 18.9 Å². The lowest BCUT2D eigenvalue weighted by Crippen LogP contribution is -2.43. The molecule has 7 heteroatoms. The van der Waals surface area contributed by atoms with E-state index in [1.165, 1.54) is 9.58 Å². The summed E-state index contributed by atoms with van der Waals surface area (Å²) in [7, 11) is 1.62. The Balaban J connectivity index is 1.85. The molecule has 1 amide bonds. The summed E-state index contributed by atoms with van der Waals surface area (Å²) in [6.07, 6.45) is 3.93. The van der Waals surface area contributed by atoms with Crippen molar-refractivity contribution >= 4 is 22.5 Å². The Bertz CT molecular complexity index is 1180. The highest BCUT2D eigenvalue weighted by molar-refractivity contribution is 6.07. The molecular formula is C22H23N3O4. The SMILES string of the molecule is C[C@@H](/C=C/CCO)[C@]1(O)C(=O)N(C)c2ccc(-n3[nH]c4ccccc4c3=O)cc21. The van der Waals surface area contributed by atoms with Gasteiger partial charge in [-0.1, -0.05) is 31.2 Å². The number of aromatic amines is 1. The largest absolute Gasteiger partial charge is 0.396 e. The quantitative estimate of drug-likeness (QED) is 0.578. The van der Waals surface area contributed by atoms with E-state index in [4.69, 9.17) is 5.11 Å². The zero-order valence-corrected chi connectivity index (χ0v) is 16.3. The normalized spacial score (nSPS) is 20.0. The molecule has 2 atom stereocenters. The number of carbonyl (C=O) groups is 1. The number of aliphatic hydroxyl groups is 2. The van der Waals surface area contributed by atoms with Crippen LogP contribution in [0.1, 0.15) is 18.9 Å². The van der Waals surface area contributed by atoms with E-state index >= 15 is 0 Å². The van der Waals surface area contributed by atoms with Gasteiger partial charge in [0.2, 0.25) is 0 Å². The lowest BCUT2D eigenvalue weighted by Gasteiger charge is -2.27. The van der Waals surface area contributed by atoms with Gasteiger partial charge in [-0.3, -0.25) is 14.7 Å². The lowest BCUT2D eigenvalue weighted by molar-refractivity contribution is -0.139.